The lowest BCUT2D eigenvalue weighted by Gasteiger charge is -2.43. The van der Waals surface area contributed by atoms with Crippen LogP contribution in [0.25, 0.3) is 0 Å². The number of nitrogens with zero attached hydrogens (tertiary/aromatic N) is 1. The molecule has 2 fully saturated rings. The molecule has 2 atom stereocenters. The van der Waals surface area contributed by atoms with E-state index in [9.17, 15) is 22.8 Å². The first-order valence-electron chi connectivity index (χ1n) is 9.55. The van der Waals surface area contributed by atoms with Gasteiger partial charge in [-0.05, 0) is 49.8 Å². The molecule has 2 amide bonds. The standard InChI is InChI=1S/C20H21F3N2O2S/c21-20(22,23)13-7-8-16-14(10-13)24-19(27)17(28-16)11-18(26)25-9-3-5-12-4-1-2-6-15(12)25/h7-8,10-12,15H,1-6,9H2,(H,24,27)/b17-11-/t12-,15-/m0/s1. The molecular formula is C20H21F3N2O2S. The molecule has 1 aromatic carbocycles. The number of rotatable bonds is 1. The van der Waals surface area contributed by atoms with E-state index in [1.807, 2.05) is 4.90 Å². The van der Waals surface area contributed by atoms with Gasteiger partial charge >= 0.3 is 6.18 Å². The van der Waals surface area contributed by atoms with Crippen LogP contribution in [-0.2, 0) is 15.8 Å². The first-order chi connectivity index (χ1) is 13.3. The maximum Gasteiger partial charge on any atom is 0.416 e. The third-order valence-corrected chi connectivity index (χ3v) is 6.88. The number of fused-ring (bicyclic) bond motifs is 2. The maximum absolute atomic E-state index is 12.9. The van der Waals surface area contributed by atoms with Crippen molar-refractivity contribution in [1.29, 1.82) is 0 Å². The van der Waals surface area contributed by atoms with E-state index in [4.69, 9.17) is 0 Å². The third-order valence-electron chi connectivity index (χ3n) is 5.78. The largest absolute Gasteiger partial charge is 0.416 e. The van der Waals surface area contributed by atoms with Crippen LogP contribution in [0.1, 0.15) is 44.1 Å². The highest BCUT2D eigenvalue weighted by atomic mass is 32.2. The monoisotopic (exact) mass is 410 g/mol. The van der Waals surface area contributed by atoms with Crippen LogP contribution in [0.4, 0.5) is 18.9 Å². The SMILES string of the molecule is O=C1Nc2cc(C(F)(F)F)ccc2S/C1=C\C(=O)N1CCC[C@@H]2CCCC[C@@H]21. The molecule has 2 aliphatic heterocycles. The van der Waals surface area contributed by atoms with E-state index in [-0.39, 0.29) is 22.5 Å². The predicted molar refractivity (Wildman–Crippen MR) is 101 cm³/mol. The quantitative estimate of drug-likeness (QED) is 0.676. The molecular weight excluding hydrogens is 389 g/mol. The van der Waals surface area contributed by atoms with Crippen molar-refractivity contribution in [2.45, 2.75) is 55.6 Å². The molecule has 1 saturated heterocycles. The van der Waals surface area contributed by atoms with Crippen LogP contribution in [0.15, 0.2) is 34.1 Å². The van der Waals surface area contributed by atoms with Crippen molar-refractivity contribution in [3.8, 4) is 0 Å². The molecule has 8 heteroatoms. The second-order valence-corrected chi connectivity index (χ2v) is 8.64. The fraction of sp³-hybridized carbons (Fsp3) is 0.500. The fourth-order valence-electron chi connectivity index (χ4n) is 4.43. The number of benzene rings is 1. The van der Waals surface area contributed by atoms with Gasteiger partial charge in [-0.1, -0.05) is 24.6 Å². The molecule has 1 aliphatic carbocycles. The van der Waals surface area contributed by atoms with Crippen molar-refractivity contribution in [2.75, 3.05) is 11.9 Å². The Kier molecular flexibility index (Phi) is 5.16. The molecule has 0 aromatic heterocycles. The minimum absolute atomic E-state index is 0.125. The molecule has 0 spiro atoms. The van der Waals surface area contributed by atoms with Gasteiger partial charge in [0, 0.05) is 23.6 Å². The van der Waals surface area contributed by atoms with Gasteiger partial charge in [0.05, 0.1) is 16.2 Å². The number of hydrogen-bond donors (Lipinski definition) is 1. The zero-order valence-corrected chi connectivity index (χ0v) is 16.0. The zero-order chi connectivity index (χ0) is 19.9. The van der Waals surface area contributed by atoms with Crippen molar-refractivity contribution in [3.05, 3.63) is 34.7 Å². The molecule has 1 aromatic rings. The third kappa shape index (κ3) is 3.79. The highest BCUT2D eigenvalue weighted by Gasteiger charge is 2.36. The van der Waals surface area contributed by atoms with E-state index >= 15 is 0 Å². The molecule has 0 radical (unpaired) electrons. The van der Waals surface area contributed by atoms with Crippen molar-refractivity contribution in [3.63, 3.8) is 0 Å². The molecule has 4 rings (SSSR count). The average molecular weight is 410 g/mol. The first kappa shape index (κ1) is 19.4. The normalized spacial score (nSPS) is 26.5. The number of halogens is 3. The Hall–Kier alpha value is -1.96. The number of nitrogens with one attached hydrogen (secondary N) is 1. The summed E-state index contributed by atoms with van der Waals surface area (Å²) in [5.74, 6) is -0.175. The molecule has 0 bridgehead atoms. The van der Waals surface area contributed by atoms with Gasteiger partial charge in [-0.3, -0.25) is 9.59 Å². The summed E-state index contributed by atoms with van der Waals surface area (Å²) in [6.07, 6.45) is 3.47. The van der Waals surface area contributed by atoms with E-state index < -0.39 is 17.6 Å². The van der Waals surface area contributed by atoms with Crippen LogP contribution in [0.3, 0.4) is 0 Å². The molecule has 4 nitrogen and oxygen atoms in total. The Labute approximate surface area is 165 Å². The summed E-state index contributed by atoms with van der Waals surface area (Å²) in [5.41, 5.74) is -0.688. The second-order valence-electron chi connectivity index (χ2n) is 7.56. The van der Waals surface area contributed by atoms with Gasteiger partial charge < -0.3 is 10.2 Å². The Balaban J connectivity index is 1.54. The summed E-state index contributed by atoms with van der Waals surface area (Å²) in [6.45, 7) is 0.696. The molecule has 2 heterocycles. The highest BCUT2D eigenvalue weighted by molar-refractivity contribution is 8.04. The zero-order valence-electron chi connectivity index (χ0n) is 15.2. The van der Waals surface area contributed by atoms with E-state index in [1.165, 1.54) is 18.6 Å². The summed E-state index contributed by atoms with van der Waals surface area (Å²) < 4.78 is 38.6. The van der Waals surface area contributed by atoms with Gasteiger partial charge in [0.15, 0.2) is 0 Å². The smallest absolute Gasteiger partial charge is 0.336 e. The first-order valence-corrected chi connectivity index (χ1v) is 10.4. The number of anilines is 1. The number of likely N-dealkylation sites (tertiary alicyclic amines) is 1. The Morgan fingerprint density at radius 1 is 1.18 bits per heavy atom. The Morgan fingerprint density at radius 3 is 2.71 bits per heavy atom. The van der Waals surface area contributed by atoms with Crippen LogP contribution in [0.5, 0.6) is 0 Å². The number of alkyl halides is 3. The number of piperidine rings is 1. The molecule has 3 aliphatic rings. The summed E-state index contributed by atoms with van der Waals surface area (Å²) >= 11 is 1.04. The van der Waals surface area contributed by atoms with E-state index in [1.54, 1.807) is 0 Å². The molecule has 0 unspecified atom stereocenters. The number of thioether (sulfide) groups is 1. The van der Waals surface area contributed by atoms with Gasteiger partial charge in [0.25, 0.3) is 5.91 Å². The van der Waals surface area contributed by atoms with Gasteiger partial charge in [-0.25, -0.2) is 0 Å². The molecule has 150 valence electrons. The van der Waals surface area contributed by atoms with E-state index in [0.29, 0.717) is 17.4 Å². The van der Waals surface area contributed by atoms with E-state index in [2.05, 4.69) is 5.32 Å². The summed E-state index contributed by atoms with van der Waals surface area (Å²) in [4.78, 5) is 27.8. The van der Waals surface area contributed by atoms with Gasteiger partial charge in [-0.15, -0.1) is 0 Å². The summed E-state index contributed by atoms with van der Waals surface area (Å²) in [5, 5.41) is 2.49. The van der Waals surface area contributed by atoms with Crippen molar-refractivity contribution < 1.29 is 22.8 Å². The van der Waals surface area contributed by atoms with Crippen LogP contribution >= 0.6 is 11.8 Å². The van der Waals surface area contributed by atoms with Gasteiger partial charge in [0.2, 0.25) is 5.91 Å². The molecule has 28 heavy (non-hydrogen) atoms. The number of amides is 2. The van der Waals surface area contributed by atoms with Crippen molar-refractivity contribution in [2.24, 2.45) is 5.92 Å². The molecule has 1 saturated carbocycles. The molecule has 1 N–H and O–H groups in total. The van der Waals surface area contributed by atoms with E-state index in [0.717, 1.165) is 56.0 Å². The predicted octanol–water partition coefficient (Wildman–Crippen LogP) is 4.81. The van der Waals surface area contributed by atoms with Gasteiger partial charge in [-0.2, -0.15) is 13.2 Å². The Bertz CT molecular complexity index is 835. The van der Waals surface area contributed by atoms with Crippen LogP contribution in [0, 0.1) is 5.92 Å². The minimum atomic E-state index is -4.47. The number of carbonyl (C=O) groups excluding carboxylic acids is 2. The summed E-state index contributed by atoms with van der Waals surface area (Å²) in [7, 11) is 0. The maximum atomic E-state index is 12.9. The lowest BCUT2D eigenvalue weighted by atomic mass is 9.78. The van der Waals surface area contributed by atoms with Crippen LogP contribution < -0.4 is 5.32 Å². The van der Waals surface area contributed by atoms with Crippen molar-refractivity contribution in [1.82, 2.24) is 4.90 Å². The fourth-order valence-corrected chi connectivity index (χ4v) is 5.33. The topological polar surface area (TPSA) is 49.4 Å². The lowest BCUT2D eigenvalue weighted by Crippen LogP contribution is -2.49. The van der Waals surface area contributed by atoms with Crippen molar-refractivity contribution >= 4 is 29.3 Å². The second kappa shape index (κ2) is 7.46. The highest BCUT2D eigenvalue weighted by Crippen LogP contribution is 2.42. The minimum Gasteiger partial charge on any atom is -0.336 e. The van der Waals surface area contributed by atoms with Gasteiger partial charge in [0.1, 0.15) is 0 Å². The average Bonchev–Trinajstić information content (AvgIpc) is 2.67. The number of carbonyl (C=O) groups is 2. The summed E-state index contributed by atoms with van der Waals surface area (Å²) in [6, 6.07) is 3.49. The Morgan fingerprint density at radius 2 is 1.93 bits per heavy atom. The van der Waals surface area contributed by atoms with Crippen LogP contribution in [-0.4, -0.2) is 29.3 Å². The lowest BCUT2D eigenvalue weighted by molar-refractivity contribution is -0.137. The van der Waals surface area contributed by atoms with Crippen LogP contribution in [0.2, 0.25) is 0 Å². The number of hydrogen-bond acceptors (Lipinski definition) is 3.